The standard InChI is InChI=1S/C13H24FNO/c1-10-4-3-5-15(7-10)8-13-11(2)6-12(14)9-16-13/h10-13H,3-9H2,1-2H3. The highest BCUT2D eigenvalue weighted by molar-refractivity contribution is 4.80. The van der Waals surface area contributed by atoms with Gasteiger partial charge in [-0.05, 0) is 37.6 Å². The summed E-state index contributed by atoms with van der Waals surface area (Å²) in [5, 5.41) is 0. The second-order valence-corrected chi connectivity index (χ2v) is 5.69. The van der Waals surface area contributed by atoms with Crippen molar-refractivity contribution in [3.63, 3.8) is 0 Å². The maximum Gasteiger partial charge on any atom is 0.124 e. The van der Waals surface area contributed by atoms with Crippen molar-refractivity contribution < 1.29 is 9.13 Å². The third-order valence-corrected chi connectivity index (χ3v) is 3.93. The zero-order valence-electron chi connectivity index (χ0n) is 10.5. The molecule has 3 heteroatoms. The SMILES string of the molecule is CC1CCCN(CC2OCC(F)CC2C)C1. The van der Waals surface area contributed by atoms with E-state index >= 15 is 0 Å². The smallest absolute Gasteiger partial charge is 0.124 e. The molecule has 0 radical (unpaired) electrons. The number of piperidine rings is 1. The number of hydrogen-bond donors (Lipinski definition) is 0. The Bertz CT molecular complexity index is 224. The molecule has 2 aliphatic heterocycles. The molecule has 16 heavy (non-hydrogen) atoms. The number of alkyl halides is 1. The topological polar surface area (TPSA) is 12.5 Å². The van der Waals surface area contributed by atoms with Crippen molar-refractivity contribution in [1.29, 1.82) is 0 Å². The minimum atomic E-state index is -0.744. The van der Waals surface area contributed by atoms with Gasteiger partial charge < -0.3 is 9.64 Å². The van der Waals surface area contributed by atoms with Crippen molar-refractivity contribution in [2.24, 2.45) is 11.8 Å². The average Bonchev–Trinajstić information content (AvgIpc) is 2.22. The second-order valence-electron chi connectivity index (χ2n) is 5.69. The molecule has 0 aliphatic carbocycles. The van der Waals surface area contributed by atoms with Gasteiger partial charge in [0, 0.05) is 13.1 Å². The fourth-order valence-corrected chi connectivity index (χ4v) is 2.96. The van der Waals surface area contributed by atoms with Crippen LogP contribution in [0.5, 0.6) is 0 Å². The molecule has 0 aromatic heterocycles. The van der Waals surface area contributed by atoms with Gasteiger partial charge in [-0.25, -0.2) is 4.39 Å². The molecule has 0 saturated carbocycles. The van der Waals surface area contributed by atoms with Gasteiger partial charge in [0.15, 0.2) is 0 Å². The highest BCUT2D eigenvalue weighted by atomic mass is 19.1. The van der Waals surface area contributed by atoms with E-state index in [0.29, 0.717) is 18.9 Å². The summed E-state index contributed by atoms with van der Waals surface area (Å²) in [6.07, 6.45) is 2.83. The molecule has 2 fully saturated rings. The number of ether oxygens (including phenoxy) is 1. The number of likely N-dealkylation sites (tertiary alicyclic amines) is 1. The van der Waals surface area contributed by atoms with E-state index < -0.39 is 6.17 Å². The fraction of sp³-hybridized carbons (Fsp3) is 1.00. The lowest BCUT2D eigenvalue weighted by molar-refractivity contribution is -0.0752. The van der Waals surface area contributed by atoms with Gasteiger partial charge in [0.2, 0.25) is 0 Å². The normalized spacial score (nSPS) is 42.2. The molecule has 4 atom stereocenters. The summed E-state index contributed by atoms with van der Waals surface area (Å²) in [5.41, 5.74) is 0. The van der Waals surface area contributed by atoms with E-state index in [2.05, 4.69) is 18.7 Å². The van der Waals surface area contributed by atoms with Crippen LogP contribution in [0.15, 0.2) is 0 Å². The largest absolute Gasteiger partial charge is 0.374 e. The number of rotatable bonds is 2. The lowest BCUT2D eigenvalue weighted by Crippen LogP contribution is -2.45. The van der Waals surface area contributed by atoms with Crippen molar-refractivity contribution in [1.82, 2.24) is 4.90 Å². The molecule has 0 bridgehead atoms. The zero-order chi connectivity index (χ0) is 11.5. The van der Waals surface area contributed by atoms with E-state index in [4.69, 9.17) is 4.74 Å². The second kappa shape index (κ2) is 5.46. The van der Waals surface area contributed by atoms with E-state index in [9.17, 15) is 4.39 Å². The molecular formula is C13H24FNO. The molecule has 2 rings (SSSR count). The third-order valence-electron chi connectivity index (χ3n) is 3.93. The van der Waals surface area contributed by atoms with E-state index in [0.717, 1.165) is 12.5 Å². The Hall–Kier alpha value is -0.150. The number of halogens is 1. The third kappa shape index (κ3) is 3.17. The van der Waals surface area contributed by atoms with Crippen LogP contribution < -0.4 is 0 Å². The van der Waals surface area contributed by atoms with Gasteiger partial charge in [-0.1, -0.05) is 13.8 Å². The molecule has 0 amide bonds. The van der Waals surface area contributed by atoms with Crippen LogP contribution in [0, 0.1) is 11.8 Å². The summed E-state index contributed by atoms with van der Waals surface area (Å²) in [4.78, 5) is 2.49. The Morgan fingerprint density at radius 2 is 2.19 bits per heavy atom. The first-order chi connectivity index (χ1) is 7.65. The quantitative estimate of drug-likeness (QED) is 0.721. The molecule has 2 saturated heterocycles. The molecule has 2 heterocycles. The summed E-state index contributed by atoms with van der Waals surface area (Å²) in [7, 11) is 0. The Kier molecular flexibility index (Phi) is 4.20. The van der Waals surface area contributed by atoms with Gasteiger partial charge in [0.25, 0.3) is 0 Å². The van der Waals surface area contributed by atoms with Crippen LogP contribution in [0.3, 0.4) is 0 Å². The van der Waals surface area contributed by atoms with Crippen LogP contribution in [-0.4, -0.2) is 43.4 Å². The minimum absolute atomic E-state index is 0.247. The summed E-state index contributed by atoms with van der Waals surface area (Å²) < 4.78 is 18.7. The Morgan fingerprint density at radius 1 is 1.38 bits per heavy atom. The van der Waals surface area contributed by atoms with Gasteiger partial charge in [0.05, 0.1) is 12.7 Å². The Morgan fingerprint density at radius 3 is 2.88 bits per heavy atom. The van der Waals surface area contributed by atoms with Crippen molar-refractivity contribution in [3.8, 4) is 0 Å². The monoisotopic (exact) mass is 229 g/mol. The first kappa shape index (κ1) is 12.3. The van der Waals surface area contributed by atoms with Gasteiger partial charge in [-0.15, -0.1) is 0 Å². The molecule has 4 unspecified atom stereocenters. The summed E-state index contributed by atoms with van der Waals surface area (Å²) in [6.45, 7) is 8.11. The molecule has 2 nitrogen and oxygen atoms in total. The number of nitrogens with zero attached hydrogens (tertiary/aromatic N) is 1. The van der Waals surface area contributed by atoms with Crippen LogP contribution in [0.1, 0.15) is 33.1 Å². The van der Waals surface area contributed by atoms with E-state index in [1.165, 1.54) is 25.9 Å². The van der Waals surface area contributed by atoms with Crippen LogP contribution >= 0.6 is 0 Å². The van der Waals surface area contributed by atoms with Crippen LogP contribution in [0.25, 0.3) is 0 Å². The lowest BCUT2D eigenvalue weighted by atomic mass is 9.93. The zero-order valence-corrected chi connectivity index (χ0v) is 10.5. The highest BCUT2D eigenvalue weighted by Gasteiger charge is 2.30. The summed E-state index contributed by atoms with van der Waals surface area (Å²) in [6, 6.07) is 0. The Labute approximate surface area is 98.1 Å². The first-order valence-electron chi connectivity index (χ1n) is 6.63. The molecule has 2 aliphatic rings. The van der Waals surface area contributed by atoms with E-state index in [-0.39, 0.29) is 6.10 Å². The predicted octanol–water partition coefficient (Wildman–Crippen LogP) is 2.48. The first-order valence-corrected chi connectivity index (χ1v) is 6.63. The maximum absolute atomic E-state index is 13.1. The fourth-order valence-electron chi connectivity index (χ4n) is 2.96. The van der Waals surface area contributed by atoms with Gasteiger partial charge in [0.1, 0.15) is 6.17 Å². The van der Waals surface area contributed by atoms with Gasteiger partial charge in [-0.3, -0.25) is 0 Å². The molecule has 0 aromatic carbocycles. The predicted molar refractivity (Wildman–Crippen MR) is 63.3 cm³/mol. The van der Waals surface area contributed by atoms with Crippen LogP contribution in [0.2, 0.25) is 0 Å². The van der Waals surface area contributed by atoms with Gasteiger partial charge in [-0.2, -0.15) is 0 Å². The lowest BCUT2D eigenvalue weighted by Gasteiger charge is -2.38. The highest BCUT2D eigenvalue weighted by Crippen LogP contribution is 2.25. The minimum Gasteiger partial charge on any atom is -0.374 e. The van der Waals surface area contributed by atoms with Crippen molar-refractivity contribution >= 4 is 0 Å². The average molecular weight is 229 g/mol. The van der Waals surface area contributed by atoms with E-state index in [1.54, 1.807) is 0 Å². The maximum atomic E-state index is 13.1. The van der Waals surface area contributed by atoms with Crippen LogP contribution in [0.4, 0.5) is 4.39 Å². The molecule has 94 valence electrons. The summed E-state index contributed by atoms with van der Waals surface area (Å²) >= 11 is 0. The number of hydrogen-bond acceptors (Lipinski definition) is 2. The van der Waals surface area contributed by atoms with Crippen molar-refractivity contribution in [2.75, 3.05) is 26.2 Å². The molecule has 0 N–H and O–H groups in total. The molecule has 0 aromatic rings. The van der Waals surface area contributed by atoms with Crippen LogP contribution in [-0.2, 0) is 4.74 Å². The van der Waals surface area contributed by atoms with Crippen molar-refractivity contribution in [3.05, 3.63) is 0 Å². The molecule has 0 spiro atoms. The van der Waals surface area contributed by atoms with E-state index in [1.807, 2.05) is 0 Å². The van der Waals surface area contributed by atoms with Gasteiger partial charge >= 0.3 is 0 Å². The van der Waals surface area contributed by atoms with Crippen molar-refractivity contribution in [2.45, 2.75) is 45.4 Å². The summed E-state index contributed by atoms with van der Waals surface area (Å²) in [5.74, 6) is 1.17. The Balaban J connectivity index is 1.80. The molecular weight excluding hydrogens is 205 g/mol.